The van der Waals surface area contributed by atoms with Gasteiger partial charge in [-0.15, -0.1) is 10.2 Å². The van der Waals surface area contributed by atoms with E-state index in [9.17, 15) is 4.79 Å². The molecule has 3 aromatic rings. The Morgan fingerprint density at radius 3 is 2.73 bits per heavy atom. The zero-order chi connectivity index (χ0) is 15.7. The van der Waals surface area contributed by atoms with Crippen LogP contribution in [0.1, 0.15) is 35.8 Å². The van der Waals surface area contributed by atoms with Crippen molar-refractivity contribution in [2.24, 2.45) is 0 Å². The zero-order valence-corrected chi connectivity index (χ0v) is 12.7. The number of rotatable bonds is 3. The number of nitrogens with zero attached hydrogens (tertiary/aromatic N) is 4. The molecule has 6 heteroatoms. The van der Waals surface area contributed by atoms with Crippen molar-refractivity contribution in [3.8, 4) is 5.82 Å². The third-order valence-electron chi connectivity index (χ3n) is 3.57. The maximum Gasteiger partial charge on any atom is 0.271 e. The van der Waals surface area contributed by atoms with Crippen molar-refractivity contribution < 1.29 is 4.79 Å². The molecule has 0 fully saturated rings. The Bertz CT molecular complexity index is 837. The van der Waals surface area contributed by atoms with Crippen molar-refractivity contribution in [2.75, 3.05) is 7.05 Å². The van der Waals surface area contributed by atoms with Crippen LogP contribution in [-0.2, 0) is 0 Å². The molecule has 2 aromatic heterocycles. The summed E-state index contributed by atoms with van der Waals surface area (Å²) in [4.78, 5) is 11.9. The van der Waals surface area contributed by atoms with Crippen LogP contribution in [0.2, 0.25) is 0 Å². The molecule has 0 spiro atoms. The average Bonchev–Trinajstić information content (AvgIpc) is 2.97. The van der Waals surface area contributed by atoms with Gasteiger partial charge in [0.05, 0.1) is 11.7 Å². The van der Waals surface area contributed by atoms with E-state index in [0.717, 1.165) is 16.5 Å². The van der Waals surface area contributed by atoms with Crippen LogP contribution in [0.25, 0.3) is 16.7 Å². The summed E-state index contributed by atoms with van der Waals surface area (Å²) in [6.07, 6.45) is 1.79. The number of fused-ring (bicyclic) bond motifs is 1. The van der Waals surface area contributed by atoms with Crippen molar-refractivity contribution in [3.05, 3.63) is 47.8 Å². The normalized spacial score (nSPS) is 11.1. The molecule has 6 nitrogen and oxygen atoms in total. The summed E-state index contributed by atoms with van der Waals surface area (Å²) in [5.41, 5.74) is 2.17. The Morgan fingerprint density at radius 1 is 1.23 bits per heavy atom. The molecule has 112 valence electrons. The summed E-state index contributed by atoms with van der Waals surface area (Å²) in [5, 5.41) is 16.3. The Labute approximate surface area is 128 Å². The van der Waals surface area contributed by atoms with Gasteiger partial charge in [0.25, 0.3) is 5.91 Å². The van der Waals surface area contributed by atoms with Gasteiger partial charge in [-0.2, -0.15) is 5.10 Å². The molecule has 0 aliphatic carbocycles. The lowest BCUT2D eigenvalue weighted by Crippen LogP contribution is -2.22. The van der Waals surface area contributed by atoms with Crippen molar-refractivity contribution >= 4 is 16.8 Å². The summed E-state index contributed by atoms with van der Waals surface area (Å²) in [6.45, 7) is 4.04. The van der Waals surface area contributed by atoms with Crippen molar-refractivity contribution in [1.82, 2.24) is 25.3 Å². The predicted molar refractivity (Wildman–Crippen MR) is 84.1 cm³/mol. The van der Waals surface area contributed by atoms with Gasteiger partial charge in [-0.3, -0.25) is 4.79 Å². The van der Waals surface area contributed by atoms with Crippen molar-refractivity contribution in [2.45, 2.75) is 19.8 Å². The van der Waals surface area contributed by atoms with E-state index in [0.29, 0.717) is 11.5 Å². The molecular weight excluding hydrogens is 278 g/mol. The van der Waals surface area contributed by atoms with Gasteiger partial charge in [0.2, 0.25) is 0 Å². The fourth-order valence-electron chi connectivity index (χ4n) is 2.39. The molecule has 0 unspecified atom stereocenters. The van der Waals surface area contributed by atoms with Gasteiger partial charge in [0.1, 0.15) is 0 Å². The van der Waals surface area contributed by atoms with Gasteiger partial charge in [0.15, 0.2) is 11.5 Å². The van der Waals surface area contributed by atoms with E-state index in [1.807, 2.05) is 44.2 Å². The van der Waals surface area contributed by atoms with Crippen LogP contribution >= 0.6 is 0 Å². The summed E-state index contributed by atoms with van der Waals surface area (Å²) >= 11 is 0. The molecule has 0 radical (unpaired) electrons. The van der Waals surface area contributed by atoms with E-state index in [4.69, 9.17) is 0 Å². The molecule has 3 rings (SSSR count). The number of amides is 1. The molecule has 0 aliphatic rings. The topological polar surface area (TPSA) is 72.7 Å². The second kappa shape index (κ2) is 5.55. The van der Waals surface area contributed by atoms with Gasteiger partial charge in [0, 0.05) is 12.4 Å². The number of nitrogens with one attached hydrogen (secondary N) is 1. The largest absolute Gasteiger partial charge is 0.354 e. The Hall–Kier alpha value is -2.76. The summed E-state index contributed by atoms with van der Waals surface area (Å²) in [5.74, 6) is 0.536. The second-order valence-electron chi connectivity index (χ2n) is 5.36. The summed E-state index contributed by atoms with van der Waals surface area (Å²) in [7, 11) is 1.59. The third kappa shape index (κ3) is 2.32. The van der Waals surface area contributed by atoms with E-state index < -0.39 is 0 Å². The van der Waals surface area contributed by atoms with Gasteiger partial charge in [-0.1, -0.05) is 32.0 Å². The first kappa shape index (κ1) is 14.2. The lowest BCUT2D eigenvalue weighted by atomic mass is 10.0. The maximum atomic E-state index is 11.9. The predicted octanol–water partition coefficient (Wildman–Crippen LogP) is 2.30. The SMILES string of the molecule is CNC(=O)c1nnc(-n2ncc3ccccc32)cc1C(C)C. The first-order chi connectivity index (χ1) is 10.6. The van der Waals surface area contributed by atoms with Gasteiger partial charge >= 0.3 is 0 Å². The van der Waals surface area contributed by atoms with Crippen LogP contribution in [0.5, 0.6) is 0 Å². The molecule has 0 saturated heterocycles. The monoisotopic (exact) mass is 295 g/mol. The number of para-hydroxylation sites is 1. The van der Waals surface area contributed by atoms with Crippen LogP contribution in [0.4, 0.5) is 0 Å². The molecule has 0 bridgehead atoms. The van der Waals surface area contributed by atoms with E-state index in [1.165, 1.54) is 0 Å². The third-order valence-corrected chi connectivity index (χ3v) is 3.57. The molecular formula is C16H17N5O. The number of benzene rings is 1. The van der Waals surface area contributed by atoms with Crippen LogP contribution in [0.3, 0.4) is 0 Å². The molecule has 1 amide bonds. The molecule has 2 heterocycles. The molecule has 0 atom stereocenters. The molecule has 0 saturated carbocycles. The maximum absolute atomic E-state index is 11.9. The minimum Gasteiger partial charge on any atom is -0.354 e. The Balaban J connectivity index is 2.16. The number of carbonyl (C=O) groups is 1. The fourth-order valence-corrected chi connectivity index (χ4v) is 2.39. The highest BCUT2D eigenvalue weighted by Gasteiger charge is 2.17. The van der Waals surface area contributed by atoms with Crippen LogP contribution in [0.15, 0.2) is 36.5 Å². The standard InChI is InChI=1S/C16H17N5O/c1-10(2)12-8-14(19-20-15(12)16(22)17-3)21-13-7-5-4-6-11(13)9-18-21/h4-10H,1-3H3,(H,17,22). The summed E-state index contributed by atoms with van der Waals surface area (Å²) < 4.78 is 1.74. The Morgan fingerprint density at radius 2 is 2.00 bits per heavy atom. The summed E-state index contributed by atoms with van der Waals surface area (Å²) in [6, 6.07) is 9.77. The number of hydrogen-bond acceptors (Lipinski definition) is 4. The fraction of sp³-hybridized carbons (Fsp3) is 0.250. The van der Waals surface area contributed by atoms with Gasteiger partial charge in [-0.25, -0.2) is 4.68 Å². The van der Waals surface area contributed by atoms with Crippen molar-refractivity contribution in [1.29, 1.82) is 0 Å². The molecule has 1 N–H and O–H groups in total. The first-order valence-corrected chi connectivity index (χ1v) is 7.14. The highest BCUT2D eigenvalue weighted by Crippen LogP contribution is 2.22. The lowest BCUT2D eigenvalue weighted by molar-refractivity contribution is 0.0955. The van der Waals surface area contributed by atoms with Crippen LogP contribution in [-0.4, -0.2) is 32.9 Å². The van der Waals surface area contributed by atoms with E-state index in [2.05, 4.69) is 20.6 Å². The van der Waals surface area contributed by atoms with Gasteiger partial charge in [-0.05, 0) is 23.6 Å². The van der Waals surface area contributed by atoms with Crippen molar-refractivity contribution in [3.63, 3.8) is 0 Å². The minimum atomic E-state index is -0.229. The number of hydrogen-bond donors (Lipinski definition) is 1. The highest BCUT2D eigenvalue weighted by molar-refractivity contribution is 5.93. The van der Waals surface area contributed by atoms with Crippen LogP contribution in [0, 0.1) is 0 Å². The van der Waals surface area contributed by atoms with E-state index in [-0.39, 0.29) is 11.8 Å². The molecule has 22 heavy (non-hydrogen) atoms. The lowest BCUT2D eigenvalue weighted by Gasteiger charge is -2.12. The second-order valence-corrected chi connectivity index (χ2v) is 5.36. The van der Waals surface area contributed by atoms with Gasteiger partial charge < -0.3 is 5.32 Å². The highest BCUT2D eigenvalue weighted by atomic mass is 16.1. The van der Waals surface area contributed by atoms with E-state index >= 15 is 0 Å². The smallest absolute Gasteiger partial charge is 0.271 e. The van der Waals surface area contributed by atoms with Crippen LogP contribution < -0.4 is 5.32 Å². The zero-order valence-electron chi connectivity index (χ0n) is 12.7. The minimum absolute atomic E-state index is 0.156. The van der Waals surface area contributed by atoms with E-state index in [1.54, 1.807) is 17.9 Å². The quantitative estimate of drug-likeness (QED) is 0.804. The molecule has 1 aromatic carbocycles. The number of carbonyl (C=O) groups excluding carboxylic acids is 1. The molecule has 0 aliphatic heterocycles. The number of aromatic nitrogens is 4. The first-order valence-electron chi connectivity index (χ1n) is 7.14. The Kier molecular flexibility index (Phi) is 3.58. The average molecular weight is 295 g/mol.